The zero-order chi connectivity index (χ0) is 18.1. The van der Waals surface area contributed by atoms with Gasteiger partial charge in [0.15, 0.2) is 0 Å². The van der Waals surface area contributed by atoms with E-state index in [2.05, 4.69) is 5.32 Å². The number of rotatable bonds is 5. The van der Waals surface area contributed by atoms with E-state index in [-0.39, 0.29) is 6.61 Å². The van der Waals surface area contributed by atoms with Gasteiger partial charge >= 0.3 is 0 Å². The van der Waals surface area contributed by atoms with Crippen LogP contribution in [0, 0.1) is 0 Å². The average molecular weight is 362 g/mol. The highest BCUT2D eigenvalue weighted by Gasteiger charge is 2.14. The third-order valence-electron chi connectivity index (χ3n) is 3.53. The largest absolute Gasteiger partial charge is 0.491 e. The van der Waals surface area contributed by atoms with Crippen molar-refractivity contribution in [2.24, 2.45) is 0 Å². The summed E-state index contributed by atoms with van der Waals surface area (Å²) in [6.07, 6.45) is 2.78. The predicted molar refractivity (Wildman–Crippen MR) is 101 cm³/mol. The smallest absolute Gasteiger partial charge is 0.120 e. The topological polar surface area (TPSA) is 58.6 Å². The standard InChI is InChI=1S/C16H18O3S.C4H9N/c1-16(2,17)12-19-13-7-6-10-15(11-13)20(18)14-8-4-3-5-9-14;1-2-4-5-3-1/h3-11,17H,12H2,1-2H3;5H,1-4H2. The fraction of sp³-hybridized carbons (Fsp3) is 0.400. The lowest BCUT2D eigenvalue weighted by atomic mass is 10.2. The summed E-state index contributed by atoms with van der Waals surface area (Å²) in [6.45, 7) is 6.05. The maximum absolute atomic E-state index is 12.4. The van der Waals surface area contributed by atoms with Crippen LogP contribution in [0.2, 0.25) is 0 Å². The lowest BCUT2D eigenvalue weighted by molar-refractivity contribution is 0.0284. The van der Waals surface area contributed by atoms with Crippen LogP contribution in [0.4, 0.5) is 0 Å². The van der Waals surface area contributed by atoms with Gasteiger partial charge in [-0.25, -0.2) is 4.21 Å². The first-order chi connectivity index (χ1) is 12.0. The van der Waals surface area contributed by atoms with Crippen molar-refractivity contribution in [3.05, 3.63) is 54.6 Å². The lowest BCUT2D eigenvalue weighted by Gasteiger charge is -2.18. The lowest BCUT2D eigenvalue weighted by Crippen LogP contribution is -2.27. The Hall–Kier alpha value is -1.69. The molecule has 2 aromatic carbocycles. The molecule has 2 N–H and O–H groups in total. The van der Waals surface area contributed by atoms with Crippen LogP contribution in [0.5, 0.6) is 5.75 Å². The van der Waals surface area contributed by atoms with Crippen molar-refractivity contribution >= 4 is 10.8 Å². The first-order valence-corrected chi connectivity index (χ1v) is 9.73. The SMILES string of the molecule is C1CCNC1.CC(C)(O)COc1cccc(S(=O)c2ccccc2)c1. The number of aliphatic hydroxyl groups is 1. The molecule has 0 aliphatic carbocycles. The molecular formula is C20H27NO3S. The molecule has 0 amide bonds. The van der Waals surface area contributed by atoms with E-state index in [0.717, 1.165) is 4.90 Å². The van der Waals surface area contributed by atoms with Gasteiger partial charge in [0.25, 0.3) is 0 Å². The van der Waals surface area contributed by atoms with E-state index < -0.39 is 16.4 Å². The van der Waals surface area contributed by atoms with Crippen molar-refractivity contribution in [2.45, 2.75) is 42.1 Å². The highest BCUT2D eigenvalue weighted by Crippen LogP contribution is 2.21. The van der Waals surface area contributed by atoms with Gasteiger partial charge in [0, 0.05) is 9.79 Å². The van der Waals surface area contributed by atoms with Gasteiger partial charge in [-0.05, 0) is 70.1 Å². The van der Waals surface area contributed by atoms with Crippen molar-refractivity contribution in [3.8, 4) is 5.75 Å². The quantitative estimate of drug-likeness (QED) is 0.857. The summed E-state index contributed by atoms with van der Waals surface area (Å²) in [5, 5.41) is 12.9. The molecule has 0 bridgehead atoms. The van der Waals surface area contributed by atoms with Crippen LogP contribution >= 0.6 is 0 Å². The Kier molecular flexibility index (Phi) is 7.62. The third-order valence-corrected chi connectivity index (χ3v) is 4.91. The maximum atomic E-state index is 12.4. The second-order valence-electron chi connectivity index (χ2n) is 6.61. The van der Waals surface area contributed by atoms with Crippen LogP contribution in [0.3, 0.4) is 0 Å². The summed E-state index contributed by atoms with van der Waals surface area (Å²) >= 11 is 0. The number of benzene rings is 2. The van der Waals surface area contributed by atoms with Gasteiger partial charge in [0.05, 0.1) is 16.4 Å². The van der Waals surface area contributed by atoms with E-state index >= 15 is 0 Å². The molecule has 136 valence electrons. The van der Waals surface area contributed by atoms with E-state index in [9.17, 15) is 9.32 Å². The Balaban J connectivity index is 0.000000386. The Morgan fingerprint density at radius 1 is 1.04 bits per heavy atom. The van der Waals surface area contributed by atoms with E-state index in [0.29, 0.717) is 10.6 Å². The molecule has 1 unspecified atom stereocenters. The molecule has 1 saturated heterocycles. The molecule has 0 radical (unpaired) electrons. The van der Waals surface area contributed by atoms with Crippen LogP contribution in [-0.2, 0) is 10.8 Å². The monoisotopic (exact) mass is 361 g/mol. The molecule has 3 rings (SSSR count). The molecule has 1 atom stereocenters. The van der Waals surface area contributed by atoms with Crippen molar-refractivity contribution in [1.29, 1.82) is 0 Å². The minimum Gasteiger partial charge on any atom is -0.491 e. The molecule has 0 saturated carbocycles. The second-order valence-corrected chi connectivity index (χ2v) is 8.10. The molecule has 1 aliphatic rings. The normalized spacial score (nSPS) is 15.2. The molecule has 25 heavy (non-hydrogen) atoms. The van der Waals surface area contributed by atoms with Crippen LogP contribution in [0.1, 0.15) is 26.7 Å². The summed E-state index contributed by atoms with van der Waals surface area (Å²) in [5.74, 6) is 0.605. The van der Waals surface area contributed by atoms with Crippen molar-refractivity contribution in [2.75, 3.05) is 19.7 Å². The fourth-order valence-corrected chi connectivity index (χ4v) is 3.35. The Morgan fingerprint density at radius 3 is 2.24 bits per heavy atom. The summed E-state index contributed by atoms with van der Waals surface area (Å²) in [7, 11) is -1.22. The molecule has 5 heteroatoms. The third kappa shape index (κ3) is 7.38. The van der Waals surface area contributed by atoms with Gasteiger partial charge in [-0.15, -0.1) is 0 Å². The summed E-state index contributed by atoms with van der Waals surface area (Å²) in [6, 6.07) is 16.4. The van der Waals surface area contributed by atoms with Crippen LogP contribution in [-0.4, -0.2) is 34.6 Å². The molecule has 0 spiro atoms. The Morgan fingerprint density at radius 2 is 1.68 bits per heavy atom. The first-order valence-electron chi connectivity index (χ1n) is 8.58. The number of nitrogens with one attached hydrogen (secondary N) is 1. The highest BCUT2D eigenvalue weighted by atomic mass is 32.2. The molecular weight excluding hydrogens is 334 g/mol. The van der Waals surface area contributed by atoms with E-state index in [1.54, 1.807) is 38.1 Å². The van der Waals surface area contributed by atoms with Gasteiger partial charge in [0.2, 0.25) is 0 Å². The van der Waals surface area contributed by atoms with Gasteiger partial charge in [-0.3, -0.25) is 0 Å². The zero-order valence-corrected chi connectivity index (χ0v) is 15.7. The molecule has 1 aliphatic heterocycles. The molecule has 1 heterocycles. The van der Waals surface area contributed by atoms with Crippen molar-refractivity contribution in [3.63, 3.8) is 0 Å². The van der Waals surface area contributed by atoms with Crippen LogP contribution in [0.25, 0.3) is 0 Å². The highest BCUT2D eigenvalue weighted by molar-refractivity contribution is 7.85. The molecule has 1 fully saturated rings. The minimum absolute atomic E-state index is 0.189. The molecule has 4 nitrogen and oxygen atoms in total. The Labute approximate surface area is 152 Å². The summed E-state index contributed by atoms with van der Waals surface area (Å²) < 4.78 is 17.9. The van der Waals surface area contributed by atoms with Crippen molar-refractivity contribution in [1.82, 2.24) is 5.32 Å². The average Bonchev–Trinajstić information content (AvgIpc) is 3.20. The van der Waals surface area contributed by atoms with Crippen molar-refractivity contribution < 1.29 is 14.1 Å². The Bertz CT molecular complexity index is 657. The summed E-state index contributed by atoms with van der Waals surface area (Å²) in [5.41, 5.74) is -0.894. The van der Waals surface area contributed by atoms with E-state index in [1.165, 1.54) is 25.9 Å². The van der Waals surface area contributed by atoms with E-state index in [4.69, 9.17) is 4.74 Å². The van der Waals surface area contributed by atoms with Gasteiger partial charge < -0.3 is 15.2 Å². The number of hydrogen-bond acceptors (Lipinski definition) is 4. The predicted octanol–water partition coefficient (Wildman–Crippen LogP) is 3.37. The zero-order valence-electron chi connectivity index (χ0n) is 14.9. The number of hydrogen-bond donors (Lipinski definition) is 2. The van der Waals surface area contributed by atoms with Gasteiger partial charge in [-0.2, -0.15) is 0 Å². The van der Waals surface area contributed by atoms with Gasteiger partial charge in [-0.1, -0.05) is 24.3 Å². The van der Waals surface area contributed by atoms with Crippen LogP contribution in [0.15, 0.2) is 64.4 Å². The minimum atomic E-state index is -1.22. The molecule has 2 aromatic rings. The number of ether oxygens (including phenoxy) is 1. The maximum Gasteiger partial charge on any atom is 0.120 e. The first kappa shape index (κ1) is 19.6. The summed E-state index contributed by atoms with van der Waals surface area (Å²) in [4.78, 5) is 1.44. The van der Waals surface area contributed by atoms with Gasteiger partial charge in [0.1, 0.15) is 12.4 Å². The fourth-order valence-electron chi connectivity index (χ4n) is 2.24. The van der Waals surface area contributed by atoms with E-state index in [1.807, 2.05) is 30.3 Å². The van der Waals surface area contributed by atoms with Crippen LogP contribution < -0.4 is 10.1 Å². The molecule has 0 aromatic heterocycles. The second kappa shape index (κ2) is 9.70.